The van der Waals surface area contributed by atoms with Crippen LogP contribution in [-0.2, 0) is 31.6 Å². The van der Waals surface area contributed by atoms with Crippen LogP contribution in [0.2, 0.25) is 0 Å². The van der Waals surface area contributed by atoms with E-state index in [0.29, 0.717) is 0 Å². The molecule has 0 aromatic carbocycles. The van der Waals surface area contributed by atoms with Crippen LogP contribution in [0.3, 0.4) is 0 Å². The second kappa shape index (κ2) is 9.01. The van der Waals surface area contributed by atoms with Crippen molar-refractivity contribution in [2.24, 2.45) is 0 Å². The summed E-state index contributed by atoms with van der Waals surface area (Å²) in [5.74, 6) is 1.92. The van der Waals surface area contributed by atoms with Crippen molar-refractivity contribution in [3.8, 4) is 12.3 Å². The highest BCUT2D eigenvalue weighted by molar-refractivity contribution is 7.66. The van der Waals surface area contributed by atoms with Gasteiger partial charge < -0.3 is 29.4 Å². The summed E-state index contributed by atoms with van der Waals surface area (Å²) >= 11 is 6.04. The zero-order valence-electron chi connectivity index (χ0n) is 14.7. The number of hydrogen-bond acceptors (Lipinski definition) is 10. The molecule has 2 heterocycles. The molecule has 174 valence electrons. The third-order valence-corrected chi connectivity index (χ3v) is 7.85. The normalized spacial score (nSPS) is 30.3. The molecule has 0 saturated carbocycles. The quantitative estimate of drug-likeness (QED) is 0.132. The van der Waals surface area contributed by atoms with Crippen molar-refractivity contribution in [1.29, 1.82) is 0 Å². The molecule has 0 amide bonds. The Morgan fingerprint density at radius 2 is 1.84 bits per heavy atom. The van der Waals surface area contributed by atoms with Gasteiger partial charge in [0.25, 0.3) is 5.56 Å². The minimum Gasteiger partial charge on any atom is -0.387 e. The molecule has 31 heavy (non-hydrogen) atoms. The van der Waals surface area contributed by atoms with E-state index in [1.54, 1.807) is 0 Å². The number of aliphatic hydroxyl groups excluding tert-OH is 1. The van der Waals surface area contributed by atoms with Crippen molar-refractivity contribution in [1.82, 2.24) is 9.55 Å². The smallest absolute Gasteiger partial charge is 0.387 e. The lowest BCUT2D eigenvalue weighted by atomic mass is 9.99. The summed E-state index contributed by atoms with van der Waals surface area (Å²) < 4.78 is 51.5. The minimum absolute atomic E-state index is 0.748. The molecule has 1 aliphatic heterocycles. The predicted octanol–water partition coefficient (Wildman–Crippen LogP) is -1.25. The average molecular weight is 527 g/mol. The van der Waals surface area contributed by atoms with Crippen LogP contribution >= 0.6 is 35.1 Å². The van der Waals surface area contributed by atoms with E-state index in [1.807, 2.05) is 10.9 Å². The van der Waals surface area contributed by atoms with E-state index in [4.69, 9.17) is 37.4 Å². The molecule has 1 fully saturated rings. The molecule has 6 atom stereocenters. The van der Waals surface area contributed by atoms with Crippen molar-refractivity contribution >= 4 is 35.1 Å². The number of nitrogens with zero attached hydrogens (tertiary/aromatic N) is 1. The molecule has 2 rings (SSSR count). The van der Waals surface area contributed by atoms with Crippen LogP contribution < -0.4 is 11.2 Å². The highest BCUT2D eigenvalue weighted by atomic mass is 35.5. The summed E-state index contributed by atoms with van der Waals surface area (Å²) in [6.45, 7) is -1.22. The maximum atomic E-state index is 11.9. The van der Waals surface area contributed by atoms with Gasteiger partial charge in [0.05, 0.1) is 0 Å². The maximum absolute atomic E-state index is 11.9. The molecular formula is C11H14ClN2O14P3. The molecule has 6 N–H and O–H groups in total. The molecule has 0 bridgehead atoms. The van der Waals surface area contributed by atoms with Crippen molar-refractivity contribution < 1.29 is 56.3 Å². The van der Waals surface area contributed by atoms with E-state index in [0.717, 1.165) is 16.8 Å². The number of phosphoric ester groups is 1. The van der Waals surface area contributed by atoms with Gasteiger partial charge in [0.2, 0.25) is 0 Å². The number of alkyl halides is 1. The van der Waals surface area contributed by atoms with E-state index in [9.17, 15) is 33.3 Å². The average Bonchev–Trinajstić information content (AvgIpc) is 2.82. The molecule has 1 saturated heterocycles. The summed E-state index contributed by atoms with van der Waals surface area (Å²) in [5.41, 5.74) is -4.05. The Hall–Kier alpha value is -1.14. The number of ether oxygens (including phenoxy) is 1. The molecule has 16 nitrogen and oxygen atoms in total. The van der Waals surface area contributed by atoms with Crippen LogP contribution in [0.5, 0.6) is 0 Å². The molecule has 1 aliphatic rings. The van der Waals surface area contributed by atoms with Crippen molar-refractivity contribution in [2.45, 2.75) is 23.3 Å². The Labute approximate surface area is 176 Å². The first-order chi connectivity index (χ1) is 14.0. The molecule has 20 heteroatoms. The van der Waals surface area contributed by atoms with Crippen molar-refractivity contribution in [3.05, 3.63) is 33.1 Å². The number of H-pyrrole nitrogens is 1. The topological polar surface area (TPSA) is 244 Å². The molecule has 1 aromatic rings. The van der Waals surface area contributed by atoms with Crippen molar-refractivity contribution in [2.75, 3.05) is 6.61 Å². The maximum Gasteiger partial charge on any atom is 0.490 e. The molecule has 0 aliphatic carbocycles. The number of hydrogen-bond donors (Lipinski definition) is 6. The zero-order chi connectivity index (χ0) is 23.8. The summed E-state index contributed by atoms with van der Waals surface area (Å²) in [6.07, 6.45) is 2.93. The van der Waals surface area contributed by atoms with Gasteiger partial charge in [-0.25, -0.2) is 18.5 Å². The SMILES string of the molecule is C#C[C@]1(COP(=O)(O)OP(=O)(O)OP(=O)(O)O)O[C@@H](n2ccc(=O)[nH]c2=O)[C@H](Cl)[C@@H]1O. The number of rotatable bonds is 8. The Bertz CT molecular complexity index is 1140. The Morgan fingerprint density at radius 3 is 2.35 bits per heavy atom. The van der Waals surface area contributed by atoms with Crippen LogP contribution in [0.15, 0.2) is 21.9 Å². The number of phosphoric acid groups is 3. The molecular weight excluding hydrogens is 512 g/mol. The van der Waals surface area contributed by atoms with Gasteiger partial charge in [-0.3, -0.25) is 18.9 Å². The lowest BCUT2D eigenvalue weighted by Gasteiger charge is -2.27. The molecule has 0 radical (unpaired) electrons. The first kappa shape index (κ1) is 26.1. The Balaban J connectivity index is 2.22. The number of halogens is 1. The van der Waals surface area contributed by atoms with Gasteiger partial charge in [-0.15, -0.1) is 18.0 Å². The van der Waals surface area contributed by atoms with Gasteiger partial charge in [0.15, 0.2) is 11.8 Å². The van der Waals surface area contributed by atoms with Gasteiger partial charge in [0, 0.05) is 12.3 Å². The zero-order valence-corrected chi connectivity index (χ0v) is 18.2. The van der Waals surface area contributed by atoms with E-state index in [-0.39, 0.29) is 0 Å². The standard InChI is InChI=1S/C11H14ClN2O14P3/c1-2-11(5-25-30(21,22)28-31(23,24)27-29(18,19)20)8(16)7(12)9(26-11)14-4-3-6(15)13-10(14)17/h1,3-4,7-9,16H,5H2,(H,21,22)(H,23,24)(H,13,15,17)(H2,18,19,20)/t7-,8+,9-,11-/m1/s1. The first-order valence-electron chi connectivity index (χ1n) is 7.58. The van der Waals surface area contributed by atoms with Gasteiger partial charge in [-0.2, -0.15) is 8.62 Å². The van der Waals surface area contributed by atoms with E-state index >= 15 is 0 Å². The Kier molecular flexibility index (Phi) is 7.59. The highest BCUT2D eigenvalue weighted by Crippen LogP contribution is 2.66. The highest BCUT2D eigenvalue weighted by Gasteiger charge is 2.56. The van der Waals surface area contributed by atoms with Gasteiger partial charge in [-0.1, -0.05) is 5.92 Å². The minimum atomic E-state index is -5.79. The largest absolute Gasteiger partial charge is 0.490 e. The van der Waals surface area contributed by atoms with Crippen LogP contribution in [0.25, 0.3) is 0 Å². The number of aliphatic hydroxyl groups is 1. The summed E-state index contributed by atoms with van der Waals surface area (Å²) in [4.78, 5) is 60.7. The van der Waals surface area contributed by atoms with E-state index in [1.165, 1.54) is 0 Å². The van der Waals surface area contributed by atoms with Gasteiger partial charge >= 0.3 is 29.2 Å². The molecule has 2 unspecified atom stereocenters. The number of aromatic amines is 1. The van der Waals surface area contributed by atoms with Crippen LogP contribution in [0.4, 0.5) is 0 Å². The molecule has 1 aromatic heterocycles. The second-order valence-corrected chi connectivity index (χ2v) is 10.7. The summed E-state index contributed by atoms with van der Waals surface area (Å²) in [5, 5.41) is 8.90. The third-order valence-electron chi connectivity index (χ3n) is 3.61. The lowest BCUT2D eigenvalue weighted by molar-refractivity contribution is -0.0895. The first-order valence-corrected chi connectivity index (χ1v) is 12.5. The fourth-order valence-corrected chi connectivity index (χ4v) is 5.79. The van der Waals surface area contributed by atoms with Crippen LogP contribution in [0.1, 0.15) is 6.23 Å². The summed E-state index contributed by atoms with van der Waals surface area (Å²) in [6, 6.07) is 0.933. The predicted molar refractivity (Wildman–Crippen MR) is 98.5 cm³/mol. The fraction of sp³-hybridized carbons (Fsp3) is 0.455. The van der Waals surface area contributed by atoms with E-state index in [2.05, 4.69) is 13.1 Å². The third kappa shape index (κ3) is 6.44. The van der Waals surface area contributed by atoms with Crippen molar-refractivity contribution in [3.63, 3.8) is 0 Å². The molecule has 0 spiro atoms. The number of aromatic nitrogens is 2. The second-order valence-electron chi connectivity index (χ2n) is 5.81. The lowest BCUT2D eigenvalue weighted by Crippen LogP contribution is -2.44. The van der Waals surface area contributed by atoms with Gasteiger partial charge in [0.1, 0.15) is 18.1 Å². The Morgan fingerprint density at radius 1 is 1.23 bits per heavy atom. The number of terminal acetylenes is 1. The monoisotopic (exact) mass is 526 g/mol. The van der Waals surface area contributed by atoms with E-state index < -0.39 is 64.6 Å². The van der Waals surface area contributed by atoms with Crippen LogP contribution in [-0.4, -0.2) is 57.9 Å². The van der Waals surface area contributed by atoms with Gasteiger partial charge in [-0.05, 0) is 0 Å². The fourth-order valence-electron chi connectivity index (χ4n) is 2.36. The number of nitrogens with one attached hydrogen (secondary N) is 1. The summed E-state index contributed by atoms with van der Waals surface area (Å²) in [7, 11) is -17.0. The van der Waals surface area contributed by atoms with Crippen LogP contribution in [0, 0.1) is 12.3 Å².